The molecule has 3 rings (SSSR count). The van der Waals surface area contributed by atoms with Crippen molar-refractivity contribution in [3.8, 4) is 5.69 Å². The summed E-state index contributed by atoms with van der Waals surface area (Å²) >= 11 is 0. The molecule has 0 unspecified atom stereocenters. The van der Waals surface area contributed by atoms with Crippen LogP contribution in [0.2, 0.25) is 0 Å². The second kappa shape index (κ2) is 4.98. The molecule has 1 aliphatic carbocycles. The molecular weight excluding hydrogens is 260 g/mol. The first-order valence-electron chi connectivity index (χ1n) is 6.79. The lowest BCUT2D eigenvalue weighted by Gasteiger charge is -2.10. The van der Waals surface area contributed by atoms with Crippen LogP contribution in [0, 0.1) is 25.5 Å². The normalized spacial score (nSPS) is 14.8. The van der Waals surface area contributed by atoms with Gasteiger partial charge in [0.1, 0.15) is 5.69 Å². The molecule has 0 amide bonds. The van der Waals surface area contributed by atoms with Crippen LogP contribution in [0.5, 0.6) is 0 Å². The summed E-state index contributed by atoms with van der Waals surface area (Å²) in [6.45, 7) is 4.07. The Morgan fingerprint density at radius 1 is 1.20 bits per heavy atom. The van der Waals surface area contributed by atoms with Crippen LogP contribution in [0.15, 0.2) is 18.2 Å². The molecule has 3 nitrogen and oxygen atoms in total. The van der Waals surface area contributed by atoms with Crippen LogP contribution in [0.4, 0.5) is 8.78 Å². The fourth-order valence-corrected chi connectivity index (χ4v) is 2.33. The molecule has 0 bridgehead atoms. The number of hydrogen-bond acceptors (Lipinski definition) is 2. The Morgan fingerprint density at radius 3 is 2.35 bits per heavy atom. The van der Waals surface area contributed by atoms with E-state index in [9.17, 15) is 8.78 Å². The van der Waals surface area contributed by atoms with E-state index in [1.807, 2.05) is 0 Å². The molecule has 1 aliphatic rings. The lowest BCUT2D eigenvalue weighted by atomic mass is 10.1. The fourth-order valence-electron chi connectivity index (χ4n) is 2.33. The maximum Gasteiger partial charge on any atom is 0.152 e. The van der Waals surface area contributed by atoms with Crippen molar-refractivity contribution in [2.24, 2.45) is 0 Å². The Balaban J connectivity index is 1.93. The number of halogens is 2. The zero-order chi connectivity index (χ0) is 14.3. The van der Waals surface area contributed by atoms with Gasteiger partial charge in [0.05, 0.1) is 5.69 Å². The van der Waals surface area contributed by atoms with Crippen LogP contribution < -0.4 is 5.32 Å². The minimum atomic E-state index is -0.580. The molecule has 0 saturated heterocycles. The number of benzene rings is 1. The van der Waals surface area contributed by atoms with E-state index in [1.165, 1.54) is 16.8 Å². The van der Waals surface area contributed by atoms with Gasteiger partial charge in [-0.1, -0.05) is 0 Å². The van der Waals surface area contributed by atoms with Crippen molar-refractivity contribution < 1.29 is 8.78 Å². The highest BCUT2D eigenvalue weighted by molar-refractivity contribution is 5.39. The van der Waals surface area contributed by atoms with Crippen molar-refractivity contribution in [1.82, 2.24) is 15.1 Å². The Bertz CT molecular complexity index is 622. The number of nitrogens with one attached hydrogen (secondary N) is 1. The van der Waals surface area contributed by atoms with E-state index >= 15 is 0 Å². The summed E-state index contributed by atoms with van der Waals surface area (Å²) in [5.74, 6) is -1.16. The summed E-state index contributed by atoms with van der Waals surface area (Å²) in [5.41, 5.74) is 1.97. The van der Waals surface area contributed by atoms with Gasteiger partial charge in [0.25, 0.3) is 0 Å². The van der Waals surface area contributed by atoms with Crippen LogP contribution >= 0.6 is 0 Å². The highest BCUT2D eigenvalue weighted by atomic mass is 19.1. The van der Waals surface area contributed by atoms with E-state index in [0.29, 0.717) is 23.8 Å². The smallest absolute Gasteiger partial charge is 0.152 e. The molecule has 1 fully saturated rings. The minimum Gasteiger partial charge on any atom is -0.310 e. The molecule has 0 aliphatic heterocycles. The van der Waals surface area contributed by atoms with Gasteiger partial charge in [0.15, 0.2) is 11.6 Å². The zero-order valence-electron chi connectivity index (χ0n) is 11.6. The third-order valence-electron chi connectivity index (χ3n) is 3.47. The average Bonchev–Trinajstić information content (AvgIpc) is 3.13. The predicted molar refractivity (Wildman–Crippen MR) is 72.8 cm³/mol. The Hall–Kier alpha value is -1.75. The van der Waals surface area contributed by atoms with Crippen molar-refractivity contribution >= 4 is 0 Å². The molecular formula is C15H17F2N3. The SMILES string of the molecule is Cc1cc(C)n(-c2c(F)cc(CNC3CC3)cc2F)n1. The summed E-state index contributed by atoms with van der Waals surface area (Å²) in [4.78, 5) is 0. The topological polar surface area (TPSA) is 29.9 Å². The summed E-state index contributed by atoms with van der Waals surface area (Å²) in [6.07, 6.45) is 2.30. The molecule has 2 aromatic rings. The summed E-state index contributed by atoms with van der Waals surface area (Å²) in [7, 11) is 0. The van der Waals surface area contributed by atoms with Crippen LogP contribution in [-0.4, -0.2) is 15.8 Å². The van der Waals surface area contributed by atoms with E-state index < -0.39 is 11.6 Å². The van der Waals surface area contributed by atoms with Crippen LogP contribution in [0.3, 0.4) is 0 Å². The molecule has 1 aromatic carbocycles. The Kier molecular flexibility index (Phi) is 3.30. The summed E-state index contributed by atoms with van der Waals surface area (Å²) < 4.78 is 29.7. The van der Waals surface area contributed by atoms with Gasteiger partial charge in [-0.15, -0.1) is 0 Å². The largest absolute Gasteiger partial charge is 0.310 e. The number of nitrogens with zero attached hydrogens (tertiary/aromatic N) is 2. The van der Waals surface area contributed by atoms with Crippen molar-refractivity contribution in [2.45, 2.75) is 39.3 Å². The maximum atomic E-state index is 14.2. The quantitative estimate of drug-likeness (QED) is 0.931. The highest BCUT2D eigenvalue weighted by Gasteiger charge is 2.21. The Morgan fingerprint density at radius 2 is 1.85 bits per heavy atom. The third kappa shape index (κ3) is 2.58. The standard InChI is InChI=1S/C15H17F2N3/c1-9-5-10(2)20(19-9)15-13(16)6-11(7-14(15)17)8-18-12-3-4-12/h5-7,12,18H,3-4,8H2,1-2H3. The highest BCUT2D eigenvalue weighted by Crippen LogP contribution is 2.23. The minimum absolute atomic E-state index is 0.106. The van der Waals surface area contributed by atoms with Gasteiger partial charge >= 0.3 is 0 Å². The molecule has 1 saturated carbocycles. The van der Waals surface area contributed by atoms with E-state index in [2.05, 4.69) is 10.4 Å². The molecule has 1 aromatic heterocycles. The first-order chi connectivity index (χ1) is 9.54. The molecule has 1 N–H and O–H groups in total. The number of rotatable bonds is 4. The van der Waals surface area contributed by atoms with E-state index in [1.54, 1.807) is 19.9 Å². The van der Waals surface area contributed by atoms with Gasteiger partial charge in [0, 0.05) is 18.3 Å². The Labute approximate surface area is 116 Å². The van der Waals surface area contributed by atoms with Gasteiger partial charge in [-0.3, -0.25) is 0 Å². The van der Waals surface area contributed by atoms with Gasteiger partial charge in [-0.25, -0.2) is 13.5 Å². The van der Waals surface area contributed by atoms with E-state index in [-0.39, 0.29) is 5.69 Å². The number of aryl methyl sites for hydroxylation is 2. The molecule has 0 radical (unpaired) electrons. The molecule has 0 spiro atoms. The molecule has 1 heterocycles. The number of hydrogen-bond donors (Lipinski definition) is 1. The van der Waals surface area contributed by atoms with Crippen LogP contribution in [0.1, 0.15) is 29.8 Å². The molecule has 5 heteroatoms. The average molecular weight is 277 g/mol. The van der Waals surface area contributed by atoms with Gasteiger partial charge < -0.3 is 5.32 Å². The summed E-state index contributed by atoms with van der Waals surface area (Å²) in [6, 6.07) is 5.06. The molecule has 0 atom stereocenters. The first kappa shape index (κ1) is 13.2. The fraction of sp³-hybridized carbons (Fsp3) is 0.400. The van der Waals surface area contributed by atoms with Gasteiger partial charge in [0.2, 0.25) is 0 Å². The zero-order valence-corrected chi connectivity index (χ0v) is 11.6. The molecule has 20 heavy (non-hydrogen) atoms. The predicted octanol–water partition coefficient (Wildman–Crippen LogP) is 3.02. The van der Waals surface area contributed by atoms with E-state index in [0.717, 1.165) is 18.5 Å². The van der Waals surface area contributed by atoms with Crippen molar-refractivity contribution in [3.05, 3.63) is 46.8 Å². The molecule has 106 valence electrons. The van der Waals surface area contributed by atoms with E-state index in [4.69, 9.17) is 0 Å². The van der Waals surface area contributed by atoms with Crippen LogP contribution in [-0.2, 0) is 6.54 Å². The second-order valence-corrected chi connectivity index (χ2v) is 5.40. The third-order valence-corrected chi connectivity index (χ3v) is 3.47. The second-order valence-electron chi connectivity index (χ2n) is 5.40. The first-order valence-corrected chi connectivity index (χ1v) is 6.79. The maximum absolute atomic E-state index is 14.2. The van der Waals surface area contributed by atoms with Crippen molar-refractivity contribution in [2.75, 3.05) is 0 Å². The van der Waals surface area contributed by atoms with Crippen molar-refractivity contribution in [1.29, 1.82) is 0 Å². The summed E-state index contributed by atoms with van der Waals surface area (Å²) in [5, 5.41) is 7.38. The van der Waals surface area contributed by atoms with Crippen LogP contribution in [0.25, 0.3) is 5.69 Å². The van der Waals surface area contributed by atoms with Gasteiger partial charge in [-0.2, -0.15) is 5.10 Å². The number of aromatic nitrogens is 2. The lowest BCUT2D eigenvalue weighted by Crippen LogP contribution is -2.16. The van der Waals surface area contributed by atoms with Crippen molar-refractivity contribution in [3.63, 3.8) is 0 Å². The monoisotopic (exact) mass is 277 g/mol. The lowest BCUT2D eigenvalue weighted by molar-refractivity contribution is 0.550. The van der Waals surface area contributed by atoms with Gasteiger partial charge in [-0.05, 0) is 50.5 Å².